The molecule has 4 heteroatoms. The molecule has 0 bridgehead atoms. The second kappa shape index (κ2) is 5.71. The predicted molar refractivity (Wildman–Crippen MR) is 98.9 cm³/mol. The molecule has 26 heavy (non-hydrogen) atoms. The molecule has 3 unspecified atom stereocenters. The largest absolute Gasteiger partial charge is 0.451 e. The van der Waals surface area contributed by atoms with Gasteiger partial charge in [0, 0.05) is 11.5 Å². The average molecular weight is 355 g/mol. The first kappa shape index (κ1) is 16.6. The van der Waals surface area contributed by atoms with Crippen LogP contribution in [-0.2, 0) is 9.53 Å². The SMILES string of the molecule is CC[C@]12CCC3C(CCC4=CC(=NO)CC[C@@H]43)C1CC[C@@]21C=CC(=O)O1. The van der Waals surface area contributed by atoms with E-state index in [2.05, 4.69) is 24.2 Å². The fraction of sp³-hybridized carbons (Fsp3) is 0.727. The summed E-state index contributed by atoms with van der Waals surface area (Å²) in [7, 11) is 0. The first-order chi connectivity index (χ1) is 12.6. The van der Waals surface area contributed by atoms with E-state index in [1.54, 1.807) is 6.08 Å². The van der Waals surface area contributed by atoms with E-state index in [0.29, 0.717) is 11.8 Å². The van der Waals surface area contributed by atoms with Crippen molar-refractivity contribution in [3.05, 3.63) is 23.8 Å². The monoisotopic (exact) mass is 355 g/mol. The maximum Gasteiger partial charge on any atom is 0.331 e. The Kier molecular flexibility index (Phi) is 3.64. The van der Waals surface area contributed by atoms with Gasteiger partial charge in [0.2, 0.25) is 0 Å². The Morgan fingerprint density at radius 2 is 2.08 bits per heavy atom. The van der Waals surface area contributed by atoms with Crippen LogP contribution in [-0.4, -0.2) is 22.5 Å². The zero-order valence-electron chi connectivity index (χ0n) is 15.6. The maximum atomic E-state index is 11.9. The number of hydrogen-bond acceptors (Lipinski definition) is 4. The lowest BCUT2D eigenvalue weighted by molar-refractivity contribution is -0.164. The summed E-state index contributed by atoms with van der Waals surface area (Å²) in [5.74, 6) is 2.72. The summed E-state index contributed by atoms with van der Waals surface area (Å²) in [5.41, 5.74) is 2.20. The van der Waals surface area contributed by atoms with Gasteiger partial charge in [-0.2, -0.15) is 0 Å². The lowest BCUT2D eigenvalue weighted by Crippen LogP contribution is -2.53. The van der Waals surface area contributed by atoms with Gasteiger partial charge in [0.1, 0.15) is 5.60 Å². The second-order valence-corrected chi connectivity index (χ2v) is 9.16. The zero-order chi connectivity index (χ0) is 17.9. The van der Waals surface area contributed by atoms with E-state index in [-0.39, 0.29) is 17.0 Å². The van der Waals surface area contributed by atoms with Crippen LogP contribution in [0.25, 0.3) is 0 Å². The van der Waals surface area contributed by atoms with E-state index >= 15 is 0 Å². The van der Waals surface area contributed by atoms with Crippen LogP contribution in [0.3, 0.4) is 0 Å². The minimum atomic E-state index is -0.326. The quantitative estimate of drug-likeness (QED) is 0.424. The van der Waals surface area contributed by atoms with Crippen LogP contribution in [0.1, 0.15) is 64.7 Å². The van der Waals surface area contributed by atoms with E-state index in [1.807, 2.05) is 0 Å². The van der Waals surface area contributed by atoms with Crippen LogP contribution in [0.4, 0.5) is 0 Å². The zero-order valence-corrected chi connectivity index (χ0v) is 15.6. The summed E-state index contributed by atoms with van der Waals surface area (Å²) in [6.07, 6.45) is 16.1. The summed E-state index contributed by atoms with van der Waals surface area (Å²) in [5, 5.41) is 12.6. The van der Waals surface area contributed by atoms with Crippen LogP contribution in [0, 0.1) is 29.1 Å². The Hall–Kier alpha value is -1.58. The Morgan fingerprint density at radius 1 is 1.19 bits per heavy atom. The van der Waals surface area contributed by atoms with Crippen molar-refractivity contribution >= 4 is 11.7 Å². The van der Waals surface area contributed by atoms with Gasteiger partial charge < -0.3 is 9.94 Å². The van der Waals surface area contributed by atoms with Gasteiger partial charge in [-0.1, -0.05) is 17.7 Å². The normalized spacial score (nSPS) is 48.1. The molecule has 1 aliphatic heterocycles. The summed E-state index contributed by atoms with van der Waals surface area (Å²) in [6, 6.07) is 0. The van der Waals surface area contributed by atoms with Gasteiger partial charge in [0.15, 0.2) is 0 Å². The number of esters is 1. The van der Waals surface area contributed by atoms with Crippen molar-refractivity contribution in [2.45, 2.75) is 70.3 Å². The highest BCUT2D eigenvalue weighted by molar-refractivity contribution is 5.96. The van der Waals surface area contributed by atoms with Crippen LogP contribution in [0.5, 0.6) is 0 Å². The van der Waals surface area contributed by atoms with E-state index < -0.39 is 0 Å². The van der Waals surface area contributed by atoms with Crippen molar-refractivity contribution in [3.8, 4) is 0 Å². The van der Waals surface area contributed by atoms with E-state index in [1.165, 1.54) is 31.3 Å². The summed E-state index contributed by atoms with van der Waals surface area (Å²) in [6.45, 7) is 2.30. The van der Waals surface area contributed by atoms with Gasteiger partial charge in [-0.3, -0.25) is 0 Å². The standard InChI is InChI=1S/C22H29NO3/c1-2-21-10-7-17-16-6-4-15(23-25)13-14(16)3-5-18(17)19(21)8-11-22(21)12-9-20(24)26-22/h9,12-13,16-19,25H,2-8,10-11H2,1H3/t16-,17?,18?,19?,21-,22+/m0/s1. The van der Waals surface area contributed by atoms with Gasteiger partial charge in [0.25, 0.3) is 0 Å². The van der Waals surface area contributed by atoms with Crippen molar-refractivity contribution < 1.29 is 14.7 Å². The molecular formula is C22H29NO3. The molecule has 5 rings (SSSR count). The number of oxime groups is 1. The van der Waals surface area contributed by atoms with E-state index in [4.69, 9.17) is 9.94 Å². The molecule has 0 aromatic carbocycles. The molecule has 4 aliphatic carbocycles. The molecule has 6 atom stereocenters. The highest BCUT2D eigenvalue weighted by atomic mass is 16.6. The number of fused-ring (bicyclic) bond motifs is 6. The number of carbonyl (C=O) groups excluding carboxylic acids is 1. The number of rotatable bonds is 1. The minimum absolute atomic E-state index is 0.141. The molecule has 0 aromatic rings. The van der Waals surface area contributed by atoms with Crippen molar-refractivity contribution in [1.82, 2.24) is 0 Å². The summed E-state index contributed by atoms with van der Waals surface area (Å²) < 4.78 is 5.98. The van der Waals surface area contributed by atoms with Crippen molar-refractivity contribution in [2.24, 2.45) is 34.2 Å². The molecule has 3 saturated carbocycles. The van der Waals surface area contributed by atoms with Crippen molar-refractivity contribution in [3.63, 3.8) is 0 Å². The van der Waals surface area contributed by atoms with Crippen LogP contribution in [0.2, 0.25) is 0 Å². The molecule has 1 spiro atoms. The Balaban J connectivity index is 1.47. The van der Waals surface area contributed by atoms with E-state index in [9.17, 15) is 4.79 Å². The first-order valence-corrected chi connectivity index (χ1v) is 10.5. The van der Waals surface area contributed by atoms with Gasteiger partial charge >= 0.3 is 5.97 Å². The van der Waals surface area contributed by atoms with Gasteiger partial charge in [-0.05, 0) is 93.6 Å². The van der Waals surface area contributed by atoms with Gasteiger partial charge in [-0.25, -0.2) is 4.79 Å². The number of nitrogens with zero attached hydrogens (tertiary/aromatic N) is 1. The van der Waals surface area contributed by atoms with Crippen molar-refractivity contribution in [2.75, 3.05) is 0 Å². The molecule has 0 aromatic heterocycles. The topological polar surface area (TPSA) is 58.9 Å². The highest BCUT2D eigenvalue weighted by Gasteiger charge is 2.66. The third-order valence-electron chi connectivity index (χ3n) is 8.72. The molecule has 5 aliphatic rings. The Morgan fingerprint density at radius 3 is 2.81 bits per heavy atom. The molecule has 0 radical (unpaired) electrons. The lowest BCUT2D eigenvalue weighted by Gasteiger charge is -2.56. The molecular weight excluding hydrogens is 326 g/mol. The maximum absolute atomic E-state index is 11.9. The fourth-order valence-electron chi connectivity index (χ4n) is 7.71. The highest BCUT2D eigenvalue weighted by Crippen LogP contribution is 2.68. The third-order valence-corrected chi connectivity index (χ3v) is 8.72. The molecule has 140 valence electrons. The van der Waals surface area contributed by atoms with Gasteiger partial charge in [0.05, 0.1) is 5.71 Å². The second-order valence-electron chi connectivity index (χ2n) is 9.16. The molecule has 0 saturated heterocycles. The third kappa shape index (κ3) is 2.02. The fourth-order valence-corrected chi connectivity index (χ4v) is 7.71. The van der Waals surface area contributed by atoms with Crippen molar-refractivity contribution in [1.29, 1.82) is 0 Å². The molecule has 0 amide bonds. The number of ether oxygens (including phenoxy) is 1. The van der Waals surface area contributed by atoms with Crippen LogP contribution >= 0.6 is 0 Å². The summed E-state index contributed by atoms with van der Waals surface area (Å²) in [4.78, 5) is 11.9. The number of carbonyl (C=O) groups is 1. The smallest absolute Gasteiger partial charge is 0.331 e. The molecule has 4 nitrogen and oxygen atoms in total. The number of hydrogen-bond donors (Lipinski definition) is 1. The van der Waals surface area contributed by atoms with Crippen LogP contribution in [0.15, 0.2) is 29.0 Å². The minimum Gasteiger partial charge on any atom is -0.451 e. The van der Waals surface area contributed by atoms with E-state index in [0.717, 1.165) is 49.7 Å². The van der Waals surface area contributed by atoms with Crippen LogP contribution < -0.4 is 0 Å². The Labute approximate surface area is 155 Å². The molecule has 1 heterocycles. The first-order valence-electron chi connectivity index (χ1n) is 10.5. The van der Waals surface area contributed by atoms with Gasteiger partial charge in [-0.15, -0.1) is 0 Å². The summed E-state index contributed by atoms with van der Waals surface area (Å²) >= 11 is 0. The predicted octanol–water partition coefficient (Wildman–Crippen LogP) is 4.63. The Bertz CT molecular complexity index is 723. The average Bonchev–Trinajstić information content (AvgIpc) is 3.22. The molecule has 1 N–H and O–H groups in total. The molecule has 3 fully saturated rings. The lowest BCUT2D eigenvalue weighted by atomic mass is 9.49. The number of allylic oxidation sites excluding steroid dienone is 2.